The van der Waals surface area contributed by atoms with Crippen LogP contribution in [0, 0.1) is 5.92 Å². The summed E-state index contributed by atoms with van der Waals surface area (Å²) in [5, 5.41) is 2.98. The summed E-state index contributed by atoms with van der Waals surface area (Å²) in [4.78, 5) is 21.4. The minimum atomic E-state index is 0.0524. The van der Waals surface area contributed by atoms with Crippen LogP contribution in [0.3, 0.4) is 0 Å². The first-order chi connectivity index (χ1) is 9.72. The van der Waals surface area contributed by atoms with Crippen molar-refractivity contribution in [3.63, 3.8) is 0 Å². The molecule has 0 spiro atoms. The molecule has 20 heavy (non-hydrogen) atoms. The average Bonchev–Trinajstić information content (AvgIpc) is 3.06. The van der Waals surface area contributed by atoms with Crippen molar-refractivity contribution in [1.29, 1.82) is 0 Å². The summed E-state index contributed by atoms with van der Waals surface area (Å²) in [6.45, 7) is 2.92. The Morgan fingerprint density at radius 1 is 1.60 bits per heavy atom. The number of imidazole rings is 1. The topological polar surface area (TPSA) is 57.8 Å². The molecule has 1 aliphatic rings. The molecular formula is C15H19N3OS. The first-order valence-electron chi connectivity index (χ1n) is 7.09. The molecule has 1 atom stereocenters. The van der Waals surface area contributed by atoms with Crippen LogP contribution in [0.25, 0.3) is 0 Å². The van der Waals surface area contributed by atoms with Crippen molar-refractivity contribution >= 4 is 17.2 Å². The van der Waals surface area contributed by atoms with E-state index in [4.69, 9.17) is 0 Å². The number of aryl methyl sites for hydroxylation is 1. The molecule has 0 aromatic carbocycles. The third-order valence-corrected chi connectivity index (χ3v) is 5.02. The lowest BCUT2D eigenvalue weighted by molar-refractivity contribution is 0.0958. The molecule has 0 saturated carbocycles. The van der Waals surface area contributed by atoms with E-state index in [2.05, 4.69) is 28.3 Å². The lowest BCUT2D eigenvalue weighted by Crippen LogP contribution is -2.24. The fraction of sp³-hybridized carbons (Fsp3) is 0.467. The highest BCUT2D eigenvalue weighted by molar-refractivity contribution is 7.14. The average molecular weight is 289 g/mol. The number of hydrogen-bond donors (Lipinski definition) is 2. The van der Waals surface area contributed by atoms with Crippen LogP contribution in [-0.2, 0) is 19.3 Å². The molecule has 1 amide bonds. The molecule has 0 bridgehead atoms. The van der Waals surface area contributed by atoms with Crippen LogP contribution in [0.2, 0.25) is 0 Å². The Kier molecular flexibility index (Phi) is 3.87. The molecule has 4 nitrogen and oxygen atoms in total. The van der Waals surface area contributed by atoms with Crippen molar-refractivity contribution in [2.24, 2.45) is 5.92 Å². The fourth-order valence-electron chi connectivity index (χ4n) is 2.64. The maximum atomic E-state index is 12.1. The van der Waals surface area contributed by atoms with Crippen LogP contribution in [0.15, 0.2) is 18.6 Å². The van der Waals surface area contributed by atoms with Crippen LogP contribution in [0.5, 0.6) is 0 Å². The van der Waals surface area contributed by atoms with Gasteiger partial charge in [0, 0.05) is 29.7 Å². The third-order valence-electron chi connectivity index (χ3n) is 3.79. The highest BCUT2D eigenvalue weighted by Crippen LogP contribution is 2.32. The molecule has 2 aromatic rings. The minimum Gasteiger partial charge on any atom is -0.351 e. The van der Waals surface area contributed by atoms with Gasteiger partial charge in [-0.15, -0.1) is 11.3 Å². The second-order valence-corrected chi connectivity index (χ2v) is 6.63. The number of fused-ring (bicyclic) bond motifs is 1. The summed E-state index contributed by atoms with van der Waals surface area (Å²) in [6, 6.07) is 2.08. The van der Waals surface area contributed by atoms with Crippen LogP contribution >= 0.6 is 11.3 Å². The van der Waals surface area contributed by atoms with E-state index < -0.39 is 0 Å². The third kappa shape index (κ3) is 2.93. The van der Waals surface area contributed by atoms with Gasteiger partial charge < -0.3 is 10.3 Å². The van der Waals surface area contributed by atoms with Gasteiger partial charge in [0.05, 0.1) is 11.2 Å². The van der Waals surface area contributed by atoms with Gasteiger partial charge in [-0.25, -0.2) is 4.98 Å². The number of aromatic amines is 1. The number of amides is 1. The van der Waals surface area contributed by atoms with E-state index in [9.17, 15) is 4.79 Å². The summed E-state index contributed by atoms with van der Waals surface area (Å²) in [5.41, 5.74) is 2.43. The second-order valence-electron chi connectivity index (χ2n) is 5.49. The molecule has 0 radical (unpaired) electrons. The maximum absolute atomic E-state index is 12.1. The predicted octanol–water partition coefficient (Wildman–Crippen LogP) is 2.57. The zero-order chi connectivity index (χ0) is 13.9. The summed E-state index contributed by atoms with van der Waals surface area (Å²) >= 11 is 1.66. The van der Waals surface area contributed by atoms with Crippen LogP contribution in [-0.4, -0.2) is 22.4 Å². The smallest absolute Gasteiger partial charge is 0.261 e. The highest BCUT2D eigenvalue weighted by atomic mass is 32.1. The van der Waals surface area contributed by atoms with Crippen molar-refractivity contribution in [2.45, 2.75) is 32.6 Å². The Bertz CT molecular complexity index is 588. The lowest BCUT2D eigenvalue weighted by atomic mass is 9.90. The lowest BCUT2D eigenvalue weighted by Gasteiger charge is -2.16. The SMILES string of the molecule is CC1CCc2sc(C(=O)NCCc3cnc[nH]3)cc2C1. The van der Waals surface area contributed by atoms with Gasteiger partial charge in [0.1, 0.15) is 0 Å². The van der Waals surface area contributed by atoms with Crippen molar-refractivity contribution in [1.82, 2.24) is 15.3 Å². The standard InChI is InChI=1S/C15H19N3OS/c1-10-2-3-13-11(6-10)7-14(20-13)15(19)17-5-4-12-8-16-9-18-12/h7-10H,2-6H2,1H3,(H,16,18)(H,17,19). The van der Waals surface area contributed by atoms with E-state index in [0.717, 1.165) is 35.8 Å². The van der Waals surface area contributed by atoms with Crippen molar-refractivity contribution < 1.29 is 4.79 Å². The normalized spacial score (nSPS) is 17.8. The molecule has 2 heterocycles. The molecular weight excluding hydrogens is 270 g/mol. The van der Waals surface area contributed by atoms with Gasteiger partial charge >= 0.3 is 0 Å². The van der Waals surface area contributed by atoms with E-state index in [0.29, 0.717) is 6.54 Å². The molecule has 1 unspecified atom stereocenters. The van der Waals surface area contributed by atoms with Gasteiger partial charge in [-0.2, -0.15) is 0 Å². The number of carbonyl (C=O) groups is 1. The van der Waals surface area contributed by atoms with E-state index in [-0.39, 0.29) is 5.91 Å². The van der Waals surface area contributed by atoms with E-state index in [1.165, 1.54) is 16.9 Å². The van der Waals surface area contributed by atoms with Crippen molar-refractivity contribution in [2.75, 3.05) is 6.54 Å². The summed E-state index contributed by atoms with van der Waals surface area (Å²) < 4.78 is 0. The van der Waals surface area contributed by atoms with Gasteiger partial charge in [-0.3, -0.25) is 4.79 Å². The Balaban J connectivity index is 1.57. The number of rotatable bonds is 4. The summed E-state index contributed by atoms with van der Waals surface area (Å²) in [5.74, 6) is 0.796. The van der Waals surface area contributed by atoms with Gasteiger partial charge in [0.25, 0.3) is 5.91 Å². The predicted molar refractivity (Wildman–Crippen MR) is 80.1 cm³/mol. The monoisotopic (exact) mass is 289 g/mol. The maximum Gasteiger partial charge on any atom is 0.261 e. The van der Waals surface area contributed by atoms with E-state index in [1.54, 1.807) is 23.9 Å². The summed E-state index contributed by atoms with van der Waals surface area (Å²) in [7, 11) is 0. The van der Waals surface area contributed by atoms with Crippen molar-refractivity contribution in [3.05, 3.63) is 39.6 Å². The van der Waals surface area contributed by atoms with Crippen molar-refractivity contribution in [3.8, 4) is 0 Å². The fourth-order valence-corrected chi connectivity index (χ4v) is 3.76. The van der Waals surface area contributed by atoms with Gasteiger partial charge in [-0.1, -0.05) is 6.92 Å². The highest BCUT2D eigenvalue weighted by Gasteiger charge is 2.20. The number of nitrogens with one attached hydrogen (secondary N) is 2. The molecule has 0 saturated heterocycles. The quantitative estimate of drug-likeness (QED) is 0.909. The molecule has 2 aromatic heterocycles. The van der Waals surface area contributed by atoms with Crippen LogP contribution < -0.4 is 5.32 Å². The molecule has 0 fully saturated rings. The molecule has 106 valence electrons. The number of hydrogen-bond acceptors (Lipinski definition) is 3. The largest absolute Gasteiger partial charge is 0.351 e. The molecule has 5 heteroatoms. The Morgan fingerprint density at radius 3 is 3.30 bits per heavy atom. The Hall–Kier alpha value is -1.62. The van der Waals surface area contributed by atoms with E-state index in [1.807, 2.05) is 0 Å². The van der Waals surface area contributed by atoms with Gasteiger partial charge in [0.2, 0.25) is 0 Å². The van der Waals surface area contributed by atoms with Crippen LogP contribution in [0.1, 0.15) is 39.2 Å². The number of aromatic nitrogens is 2. The molecule has 1 aliphatic carbocycles. The van der Waals surface area contributed by atoms with Gasteiger partial charge in [-0.05, 0) is 36.8 Å². The number of nitrogens with zero attached hydrogens (tertiary/aromatic N) is 1. The Labute approximate surface area is 122 Å². The van der Waals surface area contributed by atoms with Crippen LogP contribution in [0.4, 0.5) is 0 Å². The zero-order valence-electron chi connectivity index (χ0n) is 11.6. The molecule has 2 N–H and O–H groups in total. The second kappa shape index (κ2) is 5.79. The summed E-state index contributed by atoms with van der Waals surface area (Å²) in [6.07, 6.45) is 7.72. The first-order valence-corrected chi connectivity index (χ1v) is 7.91. The molecule has 0 aliphatic heterocycles. The number of thiophene rings is 1. The Morgan fingerprint density at radius 2 is 2.50 bits per heavy atom. The van der Waals surface area contributed by atoms with E-state index >= 15 is 0 Å². The first kappa shape index (κ1) is 13.4. The number of carbonyl (C=O) groups excluding carboxylic acids is 1. The van der Waals surface area contributed by atoms with Gasteiger partial charge in [0.15, 0.2) is 0 Å². The minimum absolute atomic E-state index is 0.0524. The molecule has 3 rings (SSSR count). The number of H-pyrrole nitrogens is 1. The zero-order valence-corrected chi connectivity index (χ0v) is 12.4.